The van der Waals surface area contributed by atoms with E-state index in [0.29, 0.717) is 0 Å². The third-order valence-corrected chi connectivity index (χ3v) is 1.98. The van der Waals surface area contributed by atoms with Crippen LogP contribution in [0.2, 0.25) is 0 Å². The Kier molecular flexibility index (Phi) is 5.12. The van der Waals surface area contributed by atoms with Gasteiger partial charge in [0.05, 0.1) is 12.7 Å². The van der Waals surface area contributed by atoms with Crippen molar-refractivity contribution >= 4 is 11.6 Å². The van der Waals surface area contributed by atoms with Gasteiger partial charge in [-0.05, 0) is 45.0 Å². The number of hydroxylamine groups is 1. The predicted molar refractivity (Wildman–Crippen MR) is 70.5 cm³/mol. The van der Waals surface area contributed by atoms with Crippen molar-refractivity contribution in [3.8, 4) is 5.75 Å². The van der Waals surface area contributed by atoms with Gasteiger partial charge >= 0.3 is 0 Å². The number of hydrogen-bond donors (Lipinski definition) is 2. The van der Waals surface area contributed by atoms with Crippen LogP contribution in [0, 0.1) is 0 Å². The first-order valence-corrected chi connectivity index (χ1v) is 5.75. The largest absolute Gasteiger partial charge is 0.497 e. The van der Waals surface area contributed by atoms with E-state index in [9.17, 15) is 4.79 Å². The summed E-state index contributed by atoms with van der Waals surface area (Å²) in [6.07, 6.45) is 0. The number of carbonyl (C=O) groups is 1. The standard InChI is InChI=1S/C13H20N2O3/c1-13(2,3)18-14-9-12(16)15-10-5-7-11(17-4)8-6-10/h5-8,14H,9H2,1-4H3,(H,15,16). The zero-order valence-electron chi connectivity index (χ0n) is 11.2. The van der Waals surface area contributed by atoms with Crippen molar-refractivity contribution in [2.75, 3.05) is 19.0 Å². The van der Waals surface area contributed by atoms with Gasteiger partial charge in [0.15, 0.2) is 0 Å². The molecule has 1 rings (SSSR count). The number of rotatable bonds is 5. The average Bonchev–Trinajstić information content (AvgIpc) is 2.28. The number of carbonyl (C=O) groups excluding carboxylic acids is 1. The Hall–Kier alpha value is -1.59. The van der Waals surface area contributed by atoms with Crippen molar-refractivity contribution < 1.29 is 14.4 Å². The van der Waals surface area contributed by atoms with E-state index < -0.39 is 0 Å². The summed E-state index contributed by atoms with van der Waals surface area (Å²) in [7, 11) is 1.60. The molecule has 1 aromatic rings. The summed E-state index contributed by atoms with van der Waals surface area (Å²) < 4.78 is 5.03. The lowest BCUT2D eigenvalue weighted by atomic mass is 10.2. The lowest BCUT2D eigenvalue weighted by Crippen LogP contribution is -2.34. The van der Waals surface area contributed by atoms with Gasteiger partial charge < -0.3 is 10.1 Å². The van der Waals surface area contributed by atoms with Gasteiger partial charge in [-0.3, -0.25) is 9.63 Å². The SMILES string of the molecule is COc1ccc(NC(=O)CNOC(C)(C)C)cc1. The Labute approximate surface area is 107 Å². The van der Waals surface area contributed by atoms with E-state index >= 15 is 0 Å². The smallest absolute Gasteiger partial charge is 0.240 e. The van der Waals surface area contributed by atoms with E-state index in [1.807, 2.05) is 20.8 Å². The zero-order valence-corrected chi connectivity index (χ0v) is 11.2. The van der Waals surface area contributed by atoms with Crippen LogP contribution in [0.4, 0.5) is 5.69 Å². The van der Waals surface area contributed by atoms with Crippen molar-refractivity contribution in [2.45, 2.75) is 26.4 Å². The summed E-state index contributed by atoms with van der Waals surface area (Å²) in [6, 6.07) is 7.13. The Morgan fingerprint density at radius 3 is 2.33 bits per heavy atom. The van der Waals surface area contributed by atoms with Crippen molar-refractivity contribution in [3.63, 3.8) is 0 Å². The minimum absolute atomic E-state index is 0.100. The van der Waals surface area contributed by atoms with Crippen LogP contribution in [0.25, 0.3) is 0 Å². The van der Waals surface area contributed by atoms with Gasteiger partial charge in [-0.2, -0.15) is 5.48 Å². The fraction of sp³-hybridized carbons (Fsp3) is 0.462. The number of amides is 1. The highest BCUT2D eigenvalue weighted by Crippen LogP contribution is 2.14. The van der Waals surface area contributed by atoms with Crippen LogP contribution >= 0.6 is 0 Å². The van der Waals surface area contributed by atoms with Gasteiger partial charge in [0.1, 0.15) is 12.3 Å². The molecule has 0 unspecified atom stereocenters. The molecule has 18 heavy (non-hydrogen) atoms. The molecule has 0 aliphatic carbocycles. The monoisotopic (exact) mass is 252 g/mol. The third-order valence-electron chi connectivity index (χ3n) is 1.98. The molecule has 0 fully saturated rings. The minimum atomic E-state index is -0.319. The van der Waals surface area contributed by atoms with Gasteiger partial charge in [0, 0.05) is 5.69 Å². The molecule has 0 aliphatic rings. The maximum absolute atomic E-state index is 11.6. The molecular formula is C13H20N2O3. The van der Waals surface area contributed by atoms with Crippen LogP contribution in [-0.2, 0) is 9.63 Å². The number of ether oxygens (including phenoxy) is 1. The molecule has 0 spiro atoms. The molecule has 0 heterocycles. The fourth-order valence-corrected chi connectivity index (χ4v) is 1.20. The van der Waals surface area contributed by atoms with Crippen molar-refractivity contribution in [1.82, 2.24) is 5.48 Å². The summed E-state index contributed by atoms with van der Waals surface area (Å²) in [5.41, 5.74) is 3.03. The predicted octanol–water partition coefficient (Wildman–Crippen LogP) is 1.95. The van der Waals surface area contributed by atoms with Gasteiger partial charge in [0.25, 0.3) is 0 Å². The van der Waals surface area contributed by atoms with E-state index in [4.69, 9.17) is 9.57 Å². The fourth-order valence-electron chi connectivity index (χ4n) is 1.20. The van der Waals surface area contributed by atoms with Crippen molar-refractivity contribution in [1.29, 1.82) is 0 Å². The Balaban J connectivity index is 2.35. The van der Waals surface area contributed by atoms with Gasteiger partial charge in [-0.25, -0.2) is 0 Å². The number of anilines is 1. The maximum atomic E-state index is 11.6. The second-order valence-corrected chi connectivity index (χ2v) is 4.81. The molecule has 1 aromatic carbocycles. The quantitative estimate of drug-likeness (QED) is 0.786. The van der Waals surface area contributed by atoms with Crippen molar-refractivity contribution in [3.05, 3.63) is 24.3 Å². The molecule has 0 saturated carbocycles. The average molecular weight is 252 g/mol. The summed E-state index contributed by atoms with van der Waals surface area (Å²) in [5, 5.41) is 2.74. The number of nitrogens with one attached hydrogen (secondary N) is 2. The van der Waals surface area contributed by atoms with E-state index in [2.05, 4.69) is 10.8 Å². The Morgan fingerprint density at radius 1 is 1.22 bits per heavy atom. The topological polar surface area (TPSA) is 59.6 Å². The normalized spacial score (nSPS) is 11.1. The van der Waals surface area contributed by atoms with E-state index in [0.717, 1.165) is 11.4 Å². The molecule has 0 aliphatic heterocycles. The zero-order chi connectivity index (χ0) is 13.6. The molecule has 5 nitrogen and oxygen atoms in total. The third kappa shape index (κ3) is 5.65. The van der Waals surface area contributed by atoms with Crippen LogP contribution < -0.4 is 15.5 Å². The van der Waals surface area contributed by atoms with E-state index in [-0.39, 0.29) is 18.1 Å². The van der Waals surface area contributed by atoms with Gasteiger partial charge in [0.2, 0.25) is 5.91 Å². The van der Waals surface area contributed by atoms with E-state index in [1.165, 1.54) is 0 Å². The number of hydrogen-bond acceptors (Lipinski definition) is 4. The molecule has 2 N–H and O–H groups in total. The highest BCUT2D eigenvalue weighted by molar-refractivity contribution is 5.92. The van der Waals surface area contributed by atoms with Crippen LogP contribution in [0.1, 0.15) is 20.8 Å². The second kappa shape index (κ2) is 6.37. The first kappa shape index (κ1) is 14.5. The summed E-state index contributed by atoms with van der Waals surface area (Å²) in [6.45, 7) is 5.81. The van der Waals surface area contributed by atoms with Crippen LogP contribution in [-0.4, -0.2) is 25.2 Å². The molecule has 0 atom stereocenters. The first-order chi connectivity index (χ1) is 8.40. The molecule has 0 bridgehead atoms. The number of methoxy groups -OCH3 is 1. The molecule has 0 aromatic heterocycles. The van der Waals surface area contributed by atoms with Crippen LogP contribution in [0.15, 0.2) is 24.3 Å². The maximum Gasteiger partial charge on any atom is 0.240 e. The van der Waals surface area contributed by atoms with Gasteiger partial charge in [-0.15, -0.1) is 0 Å². The summed E-state index contributed by atoms with van der Waals surface area (Å²) in [5.74, 6) is 0.589. The van der Waals surface area contributed by atoms with Crippen LogP contribution in [0.5, 0.6) is 5.75 Å². The summed E-state index contributed by atoms with van der Waals surface area (Å²) in [4.78, 5) is 16.8. The van der Waals surface area contributed by atoms with E-state index in [1.54, 1.807) is 31.4 Å². The minimum Gasteiger partial charge on any atom is -0.497 e. The Bertz CT molecular complexity index is 382. The van der Waals surface area contributed by atoms with Crippen LogP contribution in [0.3, 0.4) is 0 Å². The van der Waals surface area contributed by atoms with Crippen molar-refractivity contribution in [2.24, 2.45) is 0 Å². The summed E-state index contributed by atoms with van der Waals surface area (Å²) >= 11 is 0. The molecule has 0 radical (unpaired) electrons. The molecule has 100 valence electrons. The Morgan fingerprint density at radius 2 is 1.83 bits per heavy atom. The molecule has 0 saturated heterocycles. The lowest BCUT2D eigenvalue weighted by Gasteiger charge is -2.19. The van der Waals surface area contributed by atoms with Gasteiger partial charge in [-0.1, -0.05) is 0 Å². The molecular weight excluding hydrogens is 232 g/mol. The molecule has 1 amide bonds. The second-order valence-electron chi connectivity index (χ2n) is 4.81. The molecule has 5 heteroatoms. The lowest BCUT2D eigenvalue weighted by molar-refractivity contribution is -0.122. The highest BCUT2D eigenvalue weighted by atomic mass is 16.7. The first-order valence-electron chi connectivity index (χ1n) is 5.75. The number of benzene rings is 1. The highest BCUT2D eigenvalue weighted by Gasteiger charge is 2.11.